The number of hydrogen-bond acceptors (Lipinski definition) is 3. The molecule has 12 heavy (non-hydrogen) atoms. The summed E-state index contributed by atoms with van der Waals surface area (Å²) < 4.78 is 0. The van der Waals surface area contributed by atoms with Crippen LogP contribution in [0.25, 0.3) is 0 Å². The van der Waals surface area contributed by atoms with Gasteiger partial charge in [0.25, 0.3) is 0 Å². The Kier molecular flexibility index (Phi) is 4.34. The fourth-order valence-corrected chi connectivity index (χ4v) is 0.960. The molecule has 0 atom stereocenters. The molecule has 3 N–H and O–H groups in total. The molecule has 0 fully saturated rings. The quantitative estimate of drug-likeness (QED) is 0.625. The minimum atomic E-state index is 0.753. The zero-order chi connectivity index (χ0) is 8.65. The van der Waals surface area contributed by atoms with Gasteiger partial charge < -0.3 is 11.1 Å². The zero-order valence-electron chi connectivity index (χ0n) is 7.16. The van der Waals surface area contributed by atoms with Crippen molar-refractivity contribution in [3.8, 4) is 0 Å². The second-order valence-electron chi connectivity index (χ2n) is 2.67. The predicted octanol–water partition coefficient (Wildman–Crippen LogP) is 0.520. The van der Waals surface area contributed by atoms with Gasteiger partial charge in [-0.05, 0) is 37.2 Å². The van der Waals surface area contributed by atoms with Gasteiger partial charge in [0.05, 0.1) is 0 Å². The predicted molar refractivity (Wildman–Crippen MR) is 49.6 cm³/mol. The SMILES string of the molecule is NCCCNCc1ccncc1. The van der Waals surface area contributed by atoms with Crippen LogP contribution in [0, 0.1) is 0 Å². The number of nitrogens with zero attached hydrogens (tertiary/aromatic N) is 1. The molecule has 0 aromatic carbocycles. The van der Waals surface area contributed by atoms with Crippen LogP contribution in [0.2, 0.25) is 0 Å². The maximum Gasteiger partial charge on any atom is 0.0271 e. The Morgan fingerprint density at radius 2 is 2.08 bits per heavy atom. The molecule has 0 saturated heterocycles. The van der Waals surface area contributed by atoms with Crippen LogP contribution in [-0.2, 0) is 6.54 Å². The summed E-state index contributed by atoms with van der Waals surface area (Å²) >= 11 is 0. The van der Waals surface area contributed by atoms with E-state index >= 15 is 0 Å². The first-order chi connectivity index (χ1) is 5.93. The van der Waals surface area contributed by atoms with Crippen molar-refractivity contribution in [1.82, 2.24) is 10.3 Å². The molecule has 3 heteroatoms. The molecule has 0 aliphatic rings. The summed E-state index contributed by atoms with van der Waals surface area (Å²) in [5.41, 5.74) is 6.62. The van der Waals surface area contributed by atoms with Gasteiger partial charge in [0.15, 0.2) is 0 Å². The monoisotopic (exact) mass is 165 g/mol. The first-order valence-electron chi connectivity index (χ1n) is 4.23. The van der Waals surface area contributed by atoms with Crippen LogP contribution in [0.4, 0.5) is 0 Å². The topological polar surface area (TPSA) is 50.9 Å². The first-order valence-corrected chi connectivity index (χ1v) is 4.23. The molecule has 0 spiro atoms. The second-order valence-corrected chi connectivity index (χ2v) is 2.67. The summed E-state index contributed by atoms with van der Waals surface area (Å²) in [5.74, 6) is 0. The molecule has 1 rings (SSSR count). The van der Waals surface area contributed by atoms with Gasteiger partial charge in [-0.15, -0.1) is 0 Å². The molecule has 66 valence electrons. The molecule has 0 bridgehead atoms. The summed E-state index contributed by atoms with van der Waals surface area (Å²) in [4.78, 5) is 3.94. The summed E-state index contributed by atoms with van der Waals surface area (Å²) in [6.07, 6.45) is 4.64. The van der Waals surface area contributed by atoms with Gasteiger partial charge >= 0.3 is 0 Å². The van der Waals surface area contributed by atoms with E-state index in [4.69, 9.17) is 5.73 Å². The van der Waals surface area contributed by atoms with E-state index in [0.717, 1.165) is 26.1 Å². The number of hydrogen-bond donors (Lipinski definition) is 2. The van der Waals surface area contributed by atoms with Gasteiger partial charge in [-0.1, -0.05) is 0 Å². The minimum Gasteiger partial charge on any atom is -0.330 e. The van der Waals surface area contributed by atoms with Crippen LogP contribution in [0.5, 0.6) is 0 Å². The van der Waals surface area contributed by atoms with Crippen LogP contribution in [0.15, 0.2) is 24.5 Å². The fraction of sp³-hybridized carbons (Fsp3) is 0.444. The van der Waals surface area contributed by atoms with E-state index in [-0.39, 0.29) is 0 Å². The van der Waals surface area contributed by atoms with E-state index in [0.29, 0.717) is 0 Å². The van der Waals surface area contributed by atoms with Gasteiger partial charge in [0, 0.05) is 18.9 Å². The largest absolute Gasteiger partial charge is 0.330 e. The third kappa shape index (κ3) is 3.46. The summed E-state index contributed by atoms with van der Waals surface area (Å²) in [6.45, 7) is 2.64. The van der Waals surface area contributed by atoms with Crippen molar-refractivity contribution in [2.75, 3.05) is 13.1 Å². The maximum absolute atomic E-state index is 5.36. The number of aromatic nitrogens is 1. The highest BCUT2D eigenvalue weighted by atomic mass is 14.8. The van der Waals surface area contributed by atoms with E-state index in [1.54, 1.807) is 12.4 Å². The van der Waals surface area contributed by atoms with Gasteiger partial charge in [0.2, 0.25) is 0 Å². The minimum absolute atomic E-state index is 0.753. The summed E-state index contributed by atoms with van der Waals surface area (Å²) in [7, 11) is 0. The Hall–Kier alpha value is -0.930. The van der Waals surface area contributed by atoms with Gasteiger partial charge in [-0.25, -0.2) is 0 Å². The molecule has 3 nitrogen and oxygen atoms in total. The molecular weight excluding hydrogens is 150 g/mol. The van der Waals surface area contributed by atoms with Gasteiger partial charge in [-0.2, -0.15) is 0 Å². The number of rotatable bonds is 5. The Labute approximate surface area is 73.0 Å². The van der Waals surface area contributed by atoms with Crippen molar-refractivity contribution in [3.63, 3.8) is 0 Å². The van der Waals surface area contributed by atoms with Gasteiger partial charge in [-0.3, -0.25) is 4.98 Å². The van der Waals surface area contributed by atoms with Gasteiger partial charge in [0.1, 0.15) is 0 Å². The molecule has 0 aliphatic heterocycles. The Morgan fingerprint density at radius 3 is 2.75 bits per heavy atom. The van der Waals surface area contributed by atoms with Crippen LogP contribution in [-0.4, -0.2) is 18.1 Å². The molecular formula is C9H15N3. The highest BCUT2D eigenvalue weighted by Gasteiger charge is 1.89. The Morgan fingerprint density at radius 1 is 1.33 bits per heavy atom. The number of nitrogens with two attached hydrogens (primary N) is 1. The lowest BCUT2D eigenvalue weighted by atomic mass is 10.2. The molecule has 0 unspecified atom stereocenters. The molecule has 0 aliphatic carbocycles. The zero-order valence-corrected chi connectivity index (χ0v) is 7.16. The van der Waals surface area contributed by atoms with Crippen molar-refractivity contribution >= 4 is 0 Å². The molecule has 0 saturated carbocycles. The normalized spacial score (nSPS) is 10.1. The van der Waals surface area contributed by atoms with Crippen molar-refractivity contribution < 1.29 is 0 Å². The van der Waals surface area contributed by atoms with Crippen molar-refractivity contribution in [2.24, 2.45) is 5.73 Å². The highest BCUT2D eigenvalue weighted by molar-refractivity contribution is 5.08. The van der Waals surface area contributed by atoms with Crippen LogP contribution in [0.3, 0.4) is 0 Å². The summed E-state index contributed by atoms with van der Waals surface area (Å²) in [6, 6.07) is 4.02. The van der Waals surface area contributed by atoms with Crippen molar-refractivity contribution in [1.29, 1.82) is 0 Å². The number of nitrogens with one attached hydrogen (secondary N) is 1. The van der Waals surface area contributed by atoms with E-state index < -0.39 is 0 Å². The molecule has 1 aromatic heterocycles. The van der Waals surface area contributed by atoms with Crippen LogP contribution in [0.1, 0.15) is 12.0 Å². The lowest BCUT2D eigenvalue weighted by Crippen LogP contribution is -2.17. The molecule has 0 radical (unpaired) electrons. The molecule has 1 aromatic rings. The fourth-order valence-electron chi connectivity index (χ4n) is 0.960. The third-order valence-electron chi connectivity index (χ3n) is 1.64. The average Bonchev–Trinajstić information content (AvgIpc) is 2.14. The van der Waals surface area contributed by atoms with Crippen molar-refractivity contribution in [2.45, 2.75) is 13.0 Å². The smallest absolute Gasteiger partial charge is 0.0271 e. The third-order valence-corrected chi connectivity index (χ3v) is 1.64. The van der Waals surface area contributed by atoms with E-state index in [9.17, 15) is 0 Å². The summed E-state index contributed by atoms with van der Waals surface area (Å²) in [5, 5.41) is 3.29. The second kappa shape index (κ2) is 5.69. The number of pyridine rings is 1. The Balaban J connectivity index is 2.16. The first kappa shape index (κ1) is 9.16. The average molecular weight is 165 g/mol. The Bertz CT molecular complexity index is 198. The maximum atomic E-state index is 5.36. The standard InChI is InChI=1S/C9H15N3/c10-4-1-5-12-8-9-2-6-11-7-3-9/h2-3,6-7,12H,1,4-5,8,10H2. The van der Waals surface area contributed by atoms with E-state index in [1.807, 2.05) is 12.1 Å². The lowest BCUT2D eigenvalue weighted by molar-refractivity contribution is 0.655. The van der Waals surface area contributed by atoms with Crippen LogP contribution >= 0.6 is 0 Å². The van der Waals surface area contributed by atoms with E-state index in [2.05, 4.69) is 10.3 Å². The van der Waals surface area contributed by atoms with E-state index in [1.165, 1.54) is 5.56 Å². The molecule has 1 heterocycles. The van der Waals surface area contributed by atoms with Crippen molar-refractivity contribution in [3.05, 3.63) is 30.1 Å². The van der Waals surface area contributed by atoms with Crippen LogP contribution < -0.4 is 11.1 Å². The lowest BCUT2D eigenvalue weighted by Gasteiger charge is -2.02. The molecule has 0 amide bonds. The highest BCUT2D eigenvalue weighted by Crippen LogP contribution is 1.94.